The Labute approximate surface area is 189 Å². The van der Waals surface area contributed by atoms with Gasteiger partial charge >= 0.3 is 5.97 Å². The Balaban J connectivity index is 1.53. The van der Waals surface area contributed by atoms with E-state index in [9.17, 15) is 9.18 Å². The fourth-order valence-corrected chi connectivity index (χ4v) is 4.42. The number of ether oxygens (including phenoxy) is 1. The molecule has 0 amide bonds. The molecule has 1 aromatic carbocycles. The number of nitrogens with zero attached hydrogens (tertiary/aromatic N) is 7. The number of benzene rings is 1. The lowest BCUT2D eigenvalue weighted by molar-refractivity contribution is 0.0526. The number of carbonyl (C=O) groups excluding carboxylic acids is 1. The summed E-state index contributed by atoms with van der Waals surface area (Å²) in [6.45, 7) is 8.37. The summed E-state index contributed by atoms with van der Waals surface area (Å²) in [6, 6.07) is 4.89. The van der Waals surface area contributed by atoms with Gasteiger partial charge in [-0.05, 0) is 38.5 Å². The first kappa shape index (κ1) is 21.0. The van der Waals surface area contributed by atoms with Gasteiger partial charge in [-0.3, -0.25) is 4.98 Å². The maximum absolute atomic E-state index is 14.4. The van der Waals surface area contributed by atoms with Crippen LogP contribution in [0.3, 0.4) is 0 Å². The summed E-state index contributed by atoms with van der Waals surface area (Å²) in [4.78, 5) is 30.1. The van der Waals surface area contributed by atoms with E-state index in [1.54, 1.807) is 11.4 Å². The van der Waals surface area contributed by atoms with E-state index >= 15 is 0 Å². The van der Waals surface area contributed by atoms with E-state index in [0.717, 1.165) is 17.1 Å². The van der Waals surface area contributed by atoms with E-state index in [1.165, 1.54) is 24.7 Å². The van der Waals surface area contributed by atoms with E-state index in [1.807, 2.05) is 19.9 Å². The van der Waals surface area contributed by atoms with Crippen LogP contribution in [0.25, 0.3) is 16.7 Å². The van der Waals surface area contributed by atoms with E-state index in [0.29, 0.717) is 54.1 Å². The monoisotopic (exact) mass is 449 g/mol. The number of aromatic nitrogens is 5. The molecule has 1 aliphatic heterocycles. The molecule has 1 aliphatic rings. The first-order valence-electron chi connectivity index (χ1n) is 10.9. The molecule has 33 heavy (non-hydrogen) atoms. The van der Waals surface area contributed by atoms with Crippen molar-refractivity contribution in [2.24, 2.45) is 0 Å². The number of carbonyl (C=O) groups is 1. The number of esters is 1. The average Bonchev–Trinajstić information content (AvgIpc) is 3.26. The van der Waals surface area contributed by atoms with Gasteiger partial charge in [-0.2, -0.15) is 14.6 Å². The molecule has 170 valence electrons. The Kier molecular flexibility index (Phi) is 5.27. The van der Waals surface area contributed by atoms with Crippen LogP contribution in [-0.2, 0) is 4.74 Å². The molecule has 0 spiro atoms. The SMILES string of the molecule is CCOC(=O)c1cnc2c(C)cc(F)cc2c1N1CCN(c2cc(C)nc3ncnn23)CC1. The number of anilines is 2. The van der Waals surface area contributed by atoms with Crippen molar-refractivity contribution in [2.75, 3.05) is 42.6 Å². The lowest BCUT2D eigenvalue weighted by atomic mass is 10.0. The molecule has 4 aromatic rings. The van der Waals surface area contributed by atoms with Gasteiger partial charge in [0, 0.05) is 49.5 Å². The topological polar surface area (TPSA) is 88.8 Å². The fourth-order valence-electron chi connectivity index (χ4n) is 4.42. The van der Waals surface area contributed by atoms with Gasteiger partial charge in [-0.1, -0.05) is 0 Å². The molecule has 0 saturated carbocycles. The van der Waals surface area contributed by atoms with Crippen LogP contribution in [0.4, 0.5) is 15.9 Å². The molecule has 1 saturated heterocycles. The summed E-state index contributed by atoms with van der Waals surface area (Å²) in [5.74, 6) is 0.661. The second kappa shape index (κ2) is 8.27. The molecular weight excluding hydrogens is 425 g/mol. The zero-order chi connectivity index (χ0) is 23.1. The Morgan fingerprint density at radius 3 is 2.61 bits per heavy atom. The lowest BCUT2D eigenvalue weighted by Gasteiger charge is -2.38. The number of halogens is 1. The van der Waals surface area contributed by atoms with Crippen LogP contribution >= 0.6 is 0 Å². The van der Waals surface area contributed by atoms with Gasteiger partial charge in [-0.15, -0.1) is 0 Å². The summed E-state index contributed by atoms with van der Waals surface area (Å²) in [5.41, 5.74) is 3.28. The molecule has 1 fully saturated rings. The van der Waals surface area contributed by atoms with E-state index in [-0.39, 0.29) is 12.4 Å². The zero-order valence-electron chi connectivity index (χ0n) is 18.7. The summed E-state index contributed by atoms with van der Waals surface area (Å²) >= 11 is 0. The van der Waals surface area contributed by atoms with Crippen molar-refractivity contribution in [3.05, 3.63) is 53.4 Å². The van der Waals surface area contributed by atoms with E-state index in [2.05, 4.69) is 29.9 Å². The minimum Gasteiger partial charge on any atom is -0.462 e. The number of pyridine rings is 1. The van der Waals surface area contributed by atoms with Gasteiger partial charge in [0.2, 0.25) is 0 Å². The Morgan fingerprint density at radius 2 is 1.85 bits per heavy atom. The average molecular weight is 449 g/mol. The normalized spacial score (nSPS) is 14.3. The highest BCUT2D eigenvalue weighted by atomic mass is 19.1. The molecule has 9 nitrogen and oxygen atoms in total. The van der Waals surface area contributed by atoms with Crippen molar-refractivity contribution in [3.63, 3.8) is 0 Å². The maximum Gasteiger partial charge on any atom is 0.341 e. The van der Waals surface area contributed by atoms with Crippen molar-refractivity contribution in [1.82, 2.24) is 24.6 Å². The van der Waals surface area contributed by atoms with Crippen LogP contribution in [0.5, 0.6) is 0 Å². The first-order chi connectivity index (χ1) is 16.0. The molecule has 0 atom stereocenters. The number of piperazine rings is 1. The van der Waals surface area contributed by atoms with Gasteiger partial charge in [0.15, 0.2) is 0 Å². The Hall–Kier alpha value is -3.82. The molecule has 10 heteroatoms. The van der Waals surface area contributed by atoms with Crippen LogP contribution in [0, 0.1) is 19.7 Å². The Bertz CT molecular complexity index is 1360. The molecule has 5 rings (SSSR count). The van der Waals surface area contributed by atoms with E-state index in [4.69, 9.17) is 4.74 Å². The molecule has 0 aliphatic carbocycles. The van der Waals surface area contributed by atoms with Crippen molar-refractivity contribution in [2.45, 2.75) is 20.8 Å². The minimum atomic E-state index is -0.458. The molecule has 0 unspecified atom stereocenters. The van der Waals surface area contributed by atoms with Crippen molar-refractivity contribution < 1.29 is 13.9 Å². The Morgan fingerprint density at radius 1 is 1.09 bits per heavy atom. The van der Waals surface area contributed by atoms with Gasteiger partial charge in [0.05, 0.1) is 17.8 Å². The van der Waals surface area contributed by atoms with Gasteiger partial charge < -0.3 is 14.5 Å². The summed E-state index contributed by atoms with van der Waals surface area (Å²) in [6.07, 6.45) is 3.03. The third kappa shape index (κ3) is 3.71. The number of hydrogen-bond donors (Lipinski definition) is 0. The summed E-state index contributed by atoms with van der Waals surface area (Å²) in [5, 5.41) is 4.92. The van der Waals surface area contributed by atoms with Crippen LogP contribution in [0.15, 0.2) is 30.7 Å². The number of aryl methyl sites for hydroxylation is 2. The number of hydrogen-bond acceptors (Lipinski definition) is 8. The maximum atomic E-state index is 14.4. The van der Waals surface area contributed by atoms with E-state index < -0.39 is 5.97 Å². The quantitative estimate of drug-likeness (QED) is 0.440. The fraction of sp³-hybridized carbons (Fsp3) is 0.348. The second-order valence-electron chi connectivity index (χ2n) is 8.06. The lowest BCUT2D eigenvalue weighted by Crippen LogP contribution is -2.47. The highest BCUT2D eigenvalue weighted by Gasteiger charge is 2.27. The number of rotatable bonds is 4. The predicted octanol–water partition coefficient (Wildman–Crippen LogP) is 2.93. The molecule has 3 aromatic heterocycles. The standard InChI is InChI=1S/C23H24FN7O2/c1-4-33-22(32)18-12-25-20-14(2)9-16(24)11-17(20)21(18)30-7-5-29(6-8-30)19-10-15(3)28-23-26-13-27-31(19)23/h9-13H,4-8H2,1-3H3. The summed E-state index contributed by atoms with van der Waals surface area (Å²) < 4.78 is 21.4. The largest absolute Gasteiger partial charge is 0.462 e. The highest BCUT2D eigenvalue weighted by molar-refractivity contribution is 6.06. The third-order valence-electron chi connectivity index (χ3n) is 5.87. The highest BCUT2D eigenvalue weighted by Crippen LogP contribution is 2.33. The van der Waals surface area contributed by atoms with Gasteiger partial charge in [0.25, 0.3) is 5.78 Å². The van der Waals surface area contributed by atoms with Crippen LogP contribution in [-0.4, -0.2) is 63.3 Å². The van der Waals surface area contributed by atoms with Crippen molar-refractivity contribution >= 4 is 34.2 Å². The molecule has 0 N–H and O–H groups in total. The number of fused-ring (bicyclic) bond motifs is 2. The zero-order valence-corrected chi connectivity index (χ0v) is 18.7. The molecule has 0 radical (unpaired) electrons. The molecular formula is C23H24FN7O2. The first-order valence-corrected chi connectivity index (χ1v) is 10.9. The molecule has 4 heterocycles. The van der Waals surface area contributed by atoms with Crippen LogP contribution in [0.2, 0.25) is 0 Å². The third-order valence-corrected chi connectivity index (χ3v) is 5.87. The van der Waals surface area contributed by atoms with Crippen LogP contribution < -0.4 is 9.80 Å². The predicted molar refractivity (Wildman–Crippen MR) is 122 cm³/mol. The van der Waals surface area contributed by atoms with Crippen molar-refractivity contribution in [3.8, 4) is 0 Å². The van der Waals surface area contributed by atoms with Gasteiger partial charge in [-0.25, -0.2) is 14.2 Å². The molecule has 0 bridgehead atoms. The van der Waals surface area contributed by atoms with Crippen LogP contribution in [0.1, 0.15) is 28.5 Å². The smallest absolute Gasteiger partial charge is 0.341 e. The van der Waals surface area contributed by atoms with Gasteiger partial charge in [0.1, 0.15) is 23.5 Å². The minimum absolute atomic E-state index is 0.252. The second-order valence-corrected chi connectivity index (χ2v) is 8.06. The summed E-state index contributed by atoms with van der Waals surface area (Å²) in [7, 11) is 0. The van der Waals surface area contributed by atoms with Crippen molar-refractivity contribution in [1.29, 1.82) is 0 Å².